The van der Waals surface area contributed by atoms with Crippen molar-refractivity contribution in [2.45, 2.75) is 63.3 Å². The standard InChI is InChI=1S/C24H35N3O3S/c1-18(2)26-14-21-15-27(17-24(21,16-26)23(28)25-11-5-6-12-25)31(29,30)22-10-9-19-7-3-4-8-20(19)13-22/h9-10,13,18,21H,3-8,11-12,14-17H2,1-2H3/t21-,24-/m0/s1. The number of hydrogen-bond donors (Lipinski definition) is 0. The molecule has 1 aromatic rings. The first-order valence-electron chi connectivity index (χ1n) is 12.0. The number of carbonyl (C=O) groups excluding carboxylic acids is 1. The highest BCUT2D eigenvalue weighted by molar-refractivity contribution is 7.89. The van der Waals surface area contributed by atoms with Crippen LogP contribution in [0.1, 0.15) is 50.7 Å². The van der Waals surface area contributed by atoms with Crippen molar-refractivity contribution in [3.63, 3.8) is 0 Å². The van der Waals surface area contributed by atoms with Crippen molar-refractivity contribution in [1.82, 2.24) is 14.1 Å². The summed E-state index contributed by atoms with van der Waals surface area (Å²) in [6.45, 7) is 8.18. The molecule has 0 saturated carbocycles. The molecular formula is C24H35N3O3S. The van der Waals surface area contributed by atoms with Crippen LogP contribution in [0.4, 0.5) is 0 Å². The van der Waals surface area contributed by atoms with Crippen molar-refractivity contribution < 1.29 is 13.2 Å². The van der Waals surface area contributed by atoms with Gasteiger partial charge in [0.1, 0.15) is 0 Å². The number of aryl methyl sites for hydroxylation is 2. The summed E-state index contributed by atoms with van der Waals surface area (Å²) in [7, 11) is -3.60. The van der Waals surface area contributed by atoms with Crippen LogP contribution in [0.5, 0.6) is 0 Å². The third kappa shape index (κ3) is 3.53. The molecule has 0 N–H and O–H groups in total. The summed E-state index contributed by atoms with van der Waals surface area (Å²) in [6, 6.07) is 6.04. The lowest BCUT2D eigenvalue weighted by atomic mass is 9.79. The highest BCUT2D eigenvalue weighted by Crippen LogP contribution is 2.46. The molecule has 1 aliphatic carbocycles. The lowest BCUT2D eigenvalue weighted by molar-refractivity contribution is -0.141. The van der Waals surface area contributed by atoms with Gasteiger partial charge >= 0.3 is 0 Å². The van der Waals surface area contributed by atoms with Gasteiger partial charge in [-0.3, -0.25) is 9.69 Å². The summed E-state index contributed by atoms with van der Waals surface area (Å²) in [6.07, 6.45) is 6.41. The Balaban J connectivity index is 1.45. The van der Waals surface area contributed by atoms with Gasteiger partial charge in [-0.2, -0.15) is 4.31 Å². The number of likely N-dealkylation sites (tertiary alicyclic amines) is 2. The number of fused-ring (bicyclic) bond motifs is 2. The molecule has 4 aliphatic rings. The van der Waals surface area contributed by atoms with Crippen LogP contribution in [0.15, 0.2) is 23.1 Å². The summed E-state index contributed by atoms with van der Waals surface area (Å²) in [5.41, 5.74) is 1.87. The fourth-order valence-corrected chi connectivity index (χ4v) is 7.80. The van der Waals surface area contributed by atoms with Crippen LogP contribution in [0.25, 0.3) is 0 Å². The van der Waals surface area contributed by atoms with E-state index in [0.717, 1.165) is 51.7 Å². The van der Waals surface area contributed by atoms with E-state index in [1.165, 1.54) is 17.5 Å². The number of benzene rings is 1. The number of amides is 1. The Bertz CT molecular complexity index is 970. The van der Waals surface area contributed by atoms with Crippen molar-refractivity contribution in [3.05, 3.63) is 29.3 Å². The predicted molar refractivity (Wildman–Crippen MR) is 120 cm³/mol. The van der Waals surface area contributed by atoms with Crippen LogP contribution < -0.4 is 0 Å². The van der Waals surface area contributed by atoms with Gasteiger partial charge in [0.05, 0.1) is 10.3 Å². The Morgan fingerprint density at radius 2 is 1.71 bits per heavy atom. The minimum atomic E-state index is -3.60. The minimum Gasteiger partial charge on any atom is -0.342 e. The minimum absolute atomic E-state index is 0.0652. The SMILES string of the molecule is CC(C)N1C[C@H]2CN(S(=O)(=O)c3ccc4c(c3)CCCC4)C[C@@]2(C(=O)N2CCCC2)C1. The quantitative estimate of drug-likeness (QED) is 0.715. The maximum Gasteiger partial charge on any atom is 0.243 e. The predicted octanol–water partition coefficient (Wildman–Crippen LogP) is 2.52. The largest absolute Gasteiger partial charge is 0.342 e. The van der Waals surface area contributed by atoms with Gasteiger partial charge in [0.2, 0.25) is 15.9 Å². The van der Waals surface area contributed by atoms with E-state index < -0.39 is 15.4 Å². The van der Waals surface area contributed by atoms with Gasteiger partial charge in [0.15, 0.2) is 0 Å². The van der Waals surface area contributed by atoms with Crippen LogP contribution in [0.3, 0.4) is 0 Å². The van der Waals surface area contributed by atoms with Crippen molar-refractivity contribution in [1.29, 1.82) is 0 Å². The Labute approximate surface area is 186 Å². The van der Waals surface area contributed by atoms with Gasteiger partial charge in [-0.1, -0.05) is 6.07 Å². The monoisotopic (exact) mass is 445 g/mol. The number of hydrogen-bond acceptors (Lipinski definition) is 4. The zero-order valence-electron chi connectivity index (χ0n) is 18.8. The zero-order valence-corrected chi connectivity index (χ0v) is 19.7. The average molecular weight is 446 g/mol. The van der Waals surface area contributed by atoms with Crippen LogP contribution in [-0.4, -0.2) is 73.7 Å². The summed E-state index contributed by atoms with van der Waals surface area (Å²) < 4.78 is 28.9. The maximum atomic E-state index is 13.7. The molecule has 5 rings (SSSR count). The molecule has 3 fully saturated rings. The number of nitrogens with zero attached hydrogens (tertiary/aromatic N) is 3. The van der Waals surface area contributed by atoms with Crippen LogP contribution in [0.2, 0.25) is 0 Å². The number of rotatable bonds is 4. The molecule has 0 bridgehead atoms. The van der Waals surface area contributed by atoms with Crippen molar-refractivity contribution in [2.24, 2.45) is 11.3 Å². The molecule has 7 heteroatoms. The molecule has 3 saturated heterocycles. The second-order valence-corrected chi connectivity index (χ2v) is 12.2. The van der Waals surface area contributed by atoms with Crippen molar-refractivity contribution in [2.75, 3.05) is 39.3 Å². The van der Waals surface area contributed by atoms with Gasteiger partial charge < -0.3 is 4.90 Å². The van der Waals surface area contributed by atoms with E-state index >= 15 is 0 Å². The molecular weight excluding hydrogens is 410 g/mol. The summed E-state index contributed by atoms with van der Waals surface area (Å²) in [5, 5.41) is 0. The zero-order chi connectivity index (χ0) is 21.8. The third-order valence-electron chi connectivity index (χ3n) is 8.11. The van der Waals surface area contributed by atoms with Crippen molar-refractivity contribution in [3.8, 4) is 0 Å². The van der Waals surface area contributed by atoms with E-state index in [-0.39, 0.29) is 11.8 Å². The molecule has 170 valence electrons. The fraction of sp³-hybridized carbons (Fsp3) is 0.708. The first kappa shape index (κ1) is 21.4. The Hall–Kier alpha value is -1.44. The first-order valence-corrected chi connectivity index (χ1v) is 13.4. The van der Waals surface area contributed by atoms with Crippen LogP contribution >= 0.6 is 0 Å². The van der Waals surface area contributed by atoms with Crippen LogP contribution in [-0.2, 0) is 27.7 Å². The highest BCUT2D eigenvalue weighted by Gasteiger charge is 2.60. The van der Waals surface area contributed by atoms with Gasteiger partial charge in [-0.05, 0) is 75.6 Å². The smallest absolute Gasteiger partial charge is 0.243 e. The van der Waals surface area contributed by atoms with E-state index in [1.54, 1.807) is 10.4 Å². The lowest BCUT2D eigenvalue weighted by Crippen LogP contribution is -2.49. The molecule has 0 aromatic heterocycles. The molecule has 1 aromatic carbocycles. The first-order chi connectivity index (χ1) is 14.8. The molecule has 6 nitrogen and oxygen atoms in total. The normalized spacial score (nSPS) is 29.5. The summed E-state index contributed by atoms with van der Waals surface area (Å²) in [4.78, 5) is 18.5. The molecule has 0 spiro atoms. The molecule has 3 heterocycles. The van der Waals surface area contributed by atoms with Gasteiger partial charge in [-0.25, -0.2) is 8.42 Å². The average Bonchev–Trinajstić information content (AvgIpc) is 3.47. The fourth-order valence-electron chi connectivity index (χ4n) is 6.19. The van der Waals surface area contributed by atoms with Gasteiger partial charge in [0, 0.05) is 51.2 Å². The van der Waals surface area contributed by atoms with E-state index in [9.17, 15) is 13.2 Å². The third-order valence-corrected chi connectivity index (χ3v) is 9.92. The second-order valence-electron chi connectivity index (χ2n) is 10.3. The molecule has 0 unspecified atom stereocenters. The van der Waals surface area contributed by atoms with E-state index in [1.807, 2.05) is 17.0 Å². The summed E-state index contributed by atoms with van der Waals surface area (Å²) >= 11 is 0. The van der Waals surface area contributed by atoms with Gasteiger partial charge in [-0.15, -0.1) is 0 Å². The Morgan fingerprint density at radius 3 is 2.42 bits per heavy atom. The molecule has 0 radical (unpaired) electrons. The van der Waals surface area contributed by atoms with E-state index in [4.69, 9.17) is 0 Å². The van der Waals surface area contributed by atoms with Gasteiger partial charge in [0.25, 0.3) is 0 Å². The molecule has 31 heavy (non-hydrogen) atoms. The maximum absolute atomic E-state index is 13.7. The topological polar surface area (TPSA) is 60.9 Å². The summed E-state index contributed by atoms with van der Waals surface area (Å²) in [5.74, 6) is 0.247. The Morgan fingerprint density at radius 1 is 1.00 bits per heavy atom. The molecule has 2 atom stereocenters. The van der Waals surface area contributed by atoms with Crippen LogP contribution in [0, 0.1) is 11.3 Å². The van der Waals surface area contributed by atoms with E-state index in [2.05, 4.69) is 18.7 Å². The second kappa shape index (κ2) is 7.85. The molecule has 1 amide bonds. The Kier molecular flexibility index (Phi) is 5.42. The highest BCUT2D eigenvalue weighted by atomic mass is 32.2. The number of carbonyl (C=O) groups is 1. The molecule has 3 aliphatic heterocycles. The van der Waals surface area contributed by atoms with E-state index in [0.29, 0.717) is 30.6 Å². The lowest BCUT2D eigenvalue weighted by Gasteiger charge is -2.33. The number of sulfonamides is 1. The van der Waals surface area contributed by atoms with Crippen molar-refractivity contribution >= 4 is 15.9 Å².